The molecule has 19 heavy (non-hydrogen) atoms. The van der Waals surface area contributed by atoms with E-state index in [0.717, 1.165) is 0 Å². The zero-order valence-corrected chi connectivity index (χ0v) is 10.8. The van der Waals surface area contributed by atoms with Crippen molar-refractivity contribution in [3.63, 3.8) is 0 Å². The van der Waals surface area contributed by atoms with Crippen molar-refractivity contribution in [3.05, 3.63) is 22.7 Å². The largest absolute Gasteiger partial charge is 0.391 e. The van der Waals surface area contributed by atoms with Gasteiger partial charge >= 0.3 is 5.69 Å². The Kier molecular flexibility index (Phi) is 4.25. The van der Waals surface area contributed by atoms with E-state index in [0.29, 0.717) is 5.82 Å². The molecule has 2 atom stereocenters. The van der Waals surface area contributed by atoms with Crippen molar-refractivity contribution in [2.24, 2.45) is 4.99 Å². The van der Waals surface area contributed by atoms with E-state index in [1.54, 1.807) is 23.5 Å². The first-order chi connectivity index (χ1) is 9.10. The van der Waals surface area contributed by atoms with Crippen LogP contribution in [0.5, 0.6) is 0 Å². The molecule has 0 saturated carbocycles. The Morgan fingerprint density at radius 3 is 3.05 bits per heavy atom. The van der Waals surface area contributed by atoms with Gasteiger partial charge in [-0.25, -0.2) is 9.79 Å². The summed E-state index contributed by atoms with van der Waals surface area (Å²) >= 11 is 0. The Balaban J connectivity index is 2.14. The maximum Gasteiger partial charge on any atom is 0.351 e. The van der Waals surface area contributed by atoms with Crippen LogP contribution in [0.3, 0.4) is 0 Å². The van der Waals surface area contributed by atoms with Gasteiger partial charge in [-0.15, -0.1) is 0 Å². The predicted molar refractivity (Wildman–Crippen MR) is 67.3 cm³/mol. The zero-order valence-electron chi connectivity index (χ0n) is 10.8. The van der Waals surface area contributed by atoms with Gasteiger partial charge in [0.05, 0.1) is 19.6 Å². The number of hydrogen-bond donors (Lipinski definition) is 1. The topological polar surface area (TPSA) is 89.2 Å². The standard InChI is InChI=1S/C11H16N4O4/c1-14(2)7-12-8-3-4-15(11(17)13-8)9-6-18-10(5-16)19-9/h3-4,7,9-10,16H,5-6H2,1-2H3. The third kappa shape index (κ3) is 3.37. The summed E-state index contributed by atoms with van der Waals surface area (Å²) in [4.78, 5) is 21.4. The molecule has 1 saturated heterocycles. The molecular formula is C11H16N4O4. The molecule has 8 heteroatoms. The molecule has 2 heterocycles. The minimum atomic E-state index is -0.691. The molecule has 2 unspecified atom stereocenters. The van der Waals surface area contributed by atoms with E-state index < -0.39 is 18.2 Å². The maximum absolute atomic E-state index is 11.8. The van der Waals surface area contributed by atoms with Crippen molar-refractivity contribution < 1.29 is 14.6 Å². The lowest BCUT2D eigenvalue weighted by molar-refractivity contribution is -0.0992. The molecule has 0 bridgehead atoms. The van der Waals surface area contributed by atoms with Crippen LogP contribution in [-0.2, 0) is 9.47 Å². The van der Waals surface area contributed by atoms with E-state index in [9.17, 15) is 4.79 Å². The first kappa shape index (κ1) is 13.7. The molecule has 1 aliphatic heterocycles. The van der Waals surface area contributed by atoms with E-state index in [1.165, 1.54) is 4.57 Å². The Hall–Kier alpha value is -1.77. The van der Waals surface area contributed by atoms with Gasteiger partial charge in [0.15, 0.2) is 18.3 Å². The summed E-state index contributed by atoms with van der Waals surface area (Å²) in [6, 6.07) is 1.61. The number of aromatic nitrogens is 2. The molecule has 0 aliphatic carbocycles. The maximum atomic E-state index is 11.8. The van der Waals surface area contributed by atoms with E-state index in [4.69, 9.17) is 14.6 Å². The molecule has 0 radical (unpaired) electrons. The van der Waals surface area contributed by atoms with Crippen LogP contribution in [0.15, 0.2) is 22.1 Å². The highest BCUT2D eigenvalue weighted by Crippen LogP contribution is 2.19. The highest BCUT2D eigenvalue weighted by Gasteiger charge is 2.27. The van der Waals surface area contributed by atoms with Crippen molar-refractivity contribution in [3.8, 4) is 0 Å². The van der Waals surface area contributed by atoms with Crippen LogP contribution in [0.4, 0.5) is 5.82 Å². The number of nitrogens with zero attached hydrogens (tertiary/aromatic N) is 4. The highest BCUT2D eigenvalue weighted by molar-refractivity contribution is 5.58. The summed E-state index contributed by atoms with van der Waals surface area (Å²) in [5.41, 5.74) is -0.472. The number of aliphatic imine (C=N–C) groups is 1. The second kappa shape index (κ2) is 5.91. The zero-order chi connectivity index (χ0) is 13.8. The van der Waals surface area contributed by atoms with E-state index in [1.807, 2.05) is 14.1 Å². The van der Waals surface area contributed by atoms with Gasteiger partial charge in [-0.05, 0) is 6.07 Å². The van der Waals surface area contributed by atoms with Gasteiger partial charge in [-0.2, -0.15) is 4.98 Å². The molecule has 0 amide bonds. The average molecular weight is 268 g/mol. The molecule has 0 aromatic carbocycles. The molecule has 104 valence electrons. The Labute approximate surface area is 109 Å². The Morgan fingerprint density at radius 1 is 1.68 bits per heavy atom. The van der Waals surface area contributed by atoms with Gasteiger partial charge in [0.2, 0.25) is 0 Å². The summed E-state index contributed by atoms with van der Waals surface area (Å²) < 4.78 is 11.8. The van der Waals surface area contributed by atoms with Crippen molar-refractivity contribution in [1.29, 1.82) is 0 Å². The molecule has 1 fully saturated rings. The van der Waals surface area contributed by atoms with Gasteiger partial charge in [0, 0.05) is 20.3 Å². The minimum absolute atomic E-state index is 0.202. The van der Waals surface area contributed by atoms with Crippen LogP contribution >= 0.6 is 0 Å². The molecule has 1 aromatic rings. The second-order valence-corrected chi connectivity index (χ2v) is 4.22. The molecular weight excluding hydrogens is 252 g/mol. The number of aliphatic hydroxyl groups excluding tert-OH is 1. The first-order valence-corrected chi connectivity index (χ1v) is 5.78. The van der Waals surface area contributed by atoms with Crippen molar-refractivity contribution in [2.45, 2.75) is 12.5 Å². The van der Waals surface area contributed by atoms with Crippen LogP contribution in [-0.4, -0.2) is 59.5 Å². The summed E-state index contributed by atoms with van der Waals surface area (Å²) in [5.74, 6) is 0.326. The minimum Gasteiger partial charge on any atom is -0.391 e. The molecule has 2 rings (SSSR count). The molecule has 1 aromatic heterocycles. The number of ether oxygens (including phenoxy) is 2. The van der Waals surface area contributed by atoms with Crippen LogP contribution in [0.25, 0.3) is 0 Å². The Bertz CT molecular complexity index is 514. The smallest absolute Gasteiger partial charge is 0.351 e. The SMILES string of the molecule is CN(C)C=Nc1ccn(C2COC(CO)O2)c(=O)n1. The van der Waals surface area contributed by atoms with Gasteiger partial charge in [-0.3, -0.25) is 4.57 Å². The van der Waals surface area contributed by atoms with Crippen LogP contribution in [0.1, 0.15) is 6.23 Å². The van der Waals surface area contributed by atoms with Gasteiger partial charge in [-0.1, -0.05) is 0 Å². The first-order valence-electron chi connectivity index (χ1n) is 5.78. The predicted octanol–water partition coefficient (Wildman–Crippen LogP) is -0.671. The number of aliphatic hydroxyl groups is 1. The number of rotatable bonds is 4. The summed E-state index contributed by atoms with van der Waals surface area (Å²) in [6.07, 6.45) is 1.85. The van der Waals surface area contributed by atoms with Gasteiger partial charge in [0.25, 0.3) is 0 Å². The van der Waals surface area contributed by atoms with Crippen molar-refractivity contribution in [1.82, 2.24) is 14.5 Å². The highest BCUT2D eigenvalue weighted by atomic mass is 16.7. The summed E-state index contributed by atoms with van der Waals surface area (Å²) in [5, 5.41) is 8.89. The lowest BCUT2D eigenvalue weighted by atomic mass is 10.5. The fraction of sp³-hybridized carbons (Fsp3) is 0.545. The van der Waals surface area contributed by atoms with Crippen molar-refractivity contribution in [2.75, 3.05) is 27.3 Å². The summed E-state index contributed by atoms with van der Waals surface area (Å²) in [6.45, 7) is -0.0446. The van der Waals surface area contributed by atoms with Gasteiger partial charge in [0.1, 0.15) is 0 Å². The van der Waals surface area contributed by atoms with E-state index >= 15 is 0 Å². The molecule has 1 aliphatic rings. The third-order valence-corrected chi connectivity index (χ3v) is 2.43. The fourth-order valence-corrected chi connectivity index (χ4v) is 1.55. The fourth-order valence-electron chi connectivity index (χ4n) is 1.55. The average Bonchev–Trinajstić information content (AvgIpc) is 2.85. The van der Waals surface area contributed by atoms with E-state index in [2.05, 4.69) is 9.98 Å². The number of hydrogen-bond acceptors (Lipinski definition) is 6. The summed E-state index contributed by atoms with van der Waals surface area (Å²) in [7, 11) is 3.65. The normalized spacial score (nSPS) is 23.1. The monoisotopic (exact) mass is 268 g/mol. The quantitative estimate of drug-likeness (QED) is 0.575. The van der Waals surface area contributed by atoms with Crippen LogP contribution < -0.4 is 5.69 Å². The van der Waals surface area contributed by atoms with Crippen molar-refractivity contribution >= 4 is 12.2 Å². The van der Waals surface area contributed by atoms with Crippen LogP contribution in [0.2, 0.25) is 0 Å². The van der Waals surface area contributed by atoms with Gasteiger partial charge < -0.3 is 19.5 Å². The lowest BCUT2D eigenvalue weighted by Gasteiger charge is -2.11. The molecule has 1 N–H and O–H groups in total. The second-order valence-electron chi connectivity index (χ2n) is 4.22. The molecule has 0 spiro atoms. The van der Waals surface area contributed by atoms with Crippen LogP contribution in [0, 0.1) is 0 Å². The van der Waals surface area contributed by atoms with E-state index in [-0.39, 0.29) is 13.2 Å². The Morgan fingerprint density at radius 2 is 2.47 bits per heavy atom. The third-order valence-electron chi connectivity index (χ3n) is 2.43. The lowest BCUT2D eigenvalue weighted by Crippen LogP contribution is -2.28. The molecule has 8 nitrogen and oxygen atoms in total.